The normalized spacial score (nSPS) is 24.1. The highest BCUT2D eigenvalue weighted by Gasteiger charge is 2.47. The molecule has 3 aromatic rings. The van der Waals surface area contributed by atoms with Gasteiger partial charge < -0.3 is 50.0 Å². The van der Waals surface area contributed by atoms with Crippen molar-refractivity contribution < 1.29 is 50.0 Å². The molecule has 0 bridgehead atoms. The molecule has 0 amide bonds. The number of phenolic OH excluding ortho intramolecular Hbond substituents is 4. The van der Waals surface area contributed by atoms with Crippen LogP contribution in [0.5, 0.6) is 23.0 Å². The first kappa shape index (κ1) is 21.9. The highest BCUT2D eigenvalue weighted by atomic mass is 16.6. The van der Waals surface area contributed by atoms with Crippen LogP contribution in [0.1, 0.15) is 11.7 Å². The SMILES string of the molecule is O=c1cc(-c2ccc(O)c(O)c2)oc2c(C(O)C3OC(CO)C(O)C3O)c(O)cc(O)c12. The van der Waals surface area contributed by atoms with Gasteiger partial charge >= 0.3 is 0 Å². The molecule has 1 fully saturated rings. The second kappa shape index (κ2) is 7.97. The molecular weight excluding hydrogens is 428 g/mol. The number of aliphatic hydroxyl groups excluding tert-OH is 4. The Morgan fingerprint density at radius 3 is 2.25 bits per heavy atom. The highest BCUT2D eigenvalue weighted by molar-refractivity contribution is 5.89. The van der Waals surface area contributed by atoms with Gasteiger partial charge in [-0.15, -0.1) is 0 Å². The summed E-state index contributed by atoms with van der Waals surface area (Å²) in [6.45, 7) is -0.646. The third-order valence-corrected chi connectivity index (χ3v) is 5.44. The molecule has 5 unspecified atom stereocenters. The van der Waals surface area contributed by atoms with Crippen LogP contribution < -0.4 is 5.43 Å². The van der Waals surface area contributed by atoms with E-state index in [1.165, 1.54) is 6.07 Å². The zero-order valence-corrected chi connectivity index (χ0v) is 16.3. The molecule has 11 heteroatoms. The van der Waals surface area contributed by atoms with Crippen LogP contribution in [-0.4, -0.2) is 71.9 Å². The van der Waals surface area contributed by atoms with Crippen LogP contribution in [0.25, 0.3) is 22.3 Å². The molecule has 4 rings (SSSR count). The number of ether oxygens (including phenoxy) is 1. The molecule has 0 spiro atoms. The molecule has 32 heavy (non-hydrogen) atoms. The molecule has 0 radical (unpaired) electrons. The summed E-state index contributed by atoms with van der Waals surface area (Å²) in [6.07, 6.45) is -7.71. The summed E-state index contributed by atoms with van der Waals surface area (Å²) in [6, 6.07) is 5.43. The quantitative estimate of drug-likeness (QED) is 0.246. The van der Waals surface area contributed by atoms with Crippen LogP contribution in [0.3, 0.4) is 0 Å². The van der Waals surface area contributed by atoms with Crippen molar-refractivity contribution in [3.05, 3.63) is 46.1 Å². The minimum atomic E-state index is -1.84. The van der Waals surface area contributed by atoms with E-state index in [4.69, 9.17) is 9.15 Å². The van der Waals surface area contributed by atoms with Crippen molar-refractivity contribution in [2.45, 2.75) is 30.5 Å². The Kier molecular flexibility index (Phi) is 5.44. The predicted molar refractivity (Wildman–Crippen MR) is 107 cm³/mol. The molecular formula is C21H20O11. The number of aliphatic hydroxyl groups is 4. The molecule has 170 valence electrons. The number of rotatable bonds is 4. The average molecular weight is 448 g/mol. The van der Waals surface area contributed by atoms with Gasteiger partial charge in [0, 0.05) is 17.7 Å². The van der Waals surface area contributed by atoms with Crippen LogP contribution >= 0.6 is 0 Å². The Balaban J connectivity index is 1.91. The second-order valence-electron chi connectivity index (χ2n) is 7.46. The zero-order chi connectivity index (χ0) is 23.3. The van der Waals surface area contributed by atoms with Crippen molar-refractivity contribution in [1.29, 1.82) is 0 Å². The first-order chi connectivity index (χ1) is 15.1. The van der Waals surface area contributed by atoms with E-state index < -0.39 is 76.7 Å². The van der Waals surface area contributed by atoms with Crippen LogP contribution in [0, 0.1) is 0 Å². The second-order valence-corrected chi connectivity index (χ2v) is 7.46. The number of hydrogen-bond donors (Lipinski definition) is 8. The largest absolute Gasteiger partial charge is 0.507 e. The van der Waals surface area contributed by atoms with Crippen molar-refractivity contribution >= 4 is 11.0 Å². The van der Waals surface area contributed by atoms with Gasteiger partial charge in [-0.3, -0.25) is 4.79 Å². The van der Waals surface area contributed by atoms with Gasteiger partial charge in [0.1, 0.15) is 53.2 Å². The maximum Gasteiger partial charge on any atom is 0.197 e. The van der Waals surface area contributed by atoms with E-state index in [9.17, 15) is 45.6 Å². The Morgan fingerprint density at radius 2 is 1.62 bits per heavy atom. The van der Waals surface area contributed by atoms with Gasteiger partial charge in [-0.2, -0.15) is 0 Å². The maximum absolute atomic E-state index is 12.7. The molecule has 0 saturated carbocycles. The summed E-state index contributed by atoms with van der Waals surface area (Å²) in [5.41, 5.74) is -1.42. The molecule has 11 nitrogen and oxygen atoms in total. The van der Waals surface area contributed by atoms with Crippen molar-refractivity contribution in [2.24, 2.45) is 0 Å². The monoisotopic (exact) mass is 448 g/mol. The first-order valence-corrected chi connectivity index (χ1v) is 9.49. The number of fused-ring (bicyclic) bond motifs is 1. The van der Waals surface area contributed by atoms with Gasteiger partial charge in [-0.1, -0.05) is 0 Å². The van der Waals surface area contributed by atoms with Gasteiger partial charge in [0.25, 0.3) is 0 Å². The highest BCUT2D eigenvalue weighted by Crippen LogP contribution is 2.42. The van der Waals surface area contributed by atoms with Crippen LogP contribution in [0.2, 0.25) is 0 Å². The number of aromatic hydroxyl groups is 4. The predicted octanol–water partition coefficient (Wildman–Crippen LogP) is -0.203. The summed E-state index contributed by atoms with van der Waals surface area (Å²) in [4.78, 5) is 12.7. The standard InChI is InChI=1S/C21H20O11/c22-6-14-17(28)19(30)21(32-14)18(29)16-11(26)4-10(25)15-12(27)5-13(31-20(15)16)7-1-2-8(23)9(24)3-7/h1-5,14,17-19,21-26,28-30H,6H2. The summed E-state index contributed by atoms with van der Waals surface area (Å²) in [5.74, 6) is -2.35. The molecule has 2 aromatic carbocycles. The summed E-state index contributed by atoms with van der Waals surface area (Å²) in [5, 5.41) is 79.8. The Labute approximate surface area is 179 Å². The van der Waals surface area contributed by atoms with Crippen molar-refractivity contribution in [1.82, 2.24) is 0 Å². The van der Waals surface area contributed by atoms with E-state index in [1.807, 2.05) is 0 Å². The van der Waals surface area contributed by atoms with E-state index in [2.05, 4.69) is 0 Å². The molecule has 1 aromatic heterocycles. The van der Waals surface area contributed by atoms with E-state index in [1.54, 1.807) is 0 Å². The number of phenols is 4. The molecule has 1 aliphatic rings. The molecule has 5 atom stereocenters. The lowest BCUT2D eigenvalue weighted by molar-refractivity contribution is -0.0762. The molecule has 0 aliphatic carbocycles. The Bertz CT molecular complexity index is 1230. The van der Waals surface area contributed by atoms with Gasteiger partial charge in [0.15, 0.2) is 22.5 Å². The first-order valence-electron chi connectivity index (χ1n) is 9.49. The summed E-state index contributed by atoms with van der Waals surface area (Å²) >= 11 is 0. The van der Waals surface area contributed by atoms with Gasteiger partial charge in [0.05, 0.1) is 12.2 Å². The third kappa shape index (κ3) is 3.42. The Hall–Kier alpha value is -3.35. The van der Waals surface area contributed by atoms with Crippen molar-refractivity contribution in [3.8, 4) is 34.3 Å². The van der Waals surface area contributed by atoms with E-state index in [0.717, 1.165) is 24.3 Å². The van der Waals surface area contributed by atoms with Crippen molar-refractivity contribution in [2.75, 3.05) is 6.61 Å². The topological polar surface area (TPSA) is 201 Å². The third-order valence-electron chi connectivity index (χ3n) is 5.44. The van der Waals surface area contributed by atoms with Crippen LogP contribution in [-0.2, 0) is 4.74 Å². The fourth-order valence-corrected chi connectivity index (χ4v) is 3.78. The lowest BCUT2D eigenvalue weighted by Gasteiger charge is -2.23. The van der Waals surface area contributed by atoms with Crippen molar-refractivity contribution in [3.63, 3.8) is 0 Å². The van der Waals surface area contributed by atoms with Gasteiger partial charge in [-0.05, 0) is 18.2 Å². The molecule has 1 aliphatic heterocycles. The van der Waals surface area contributed by atoms with Gasteiger partial charge in [-0.25, -0.2) is 0 Å². The number of benzene rings is 2. The van der Waals surface area contributed by atoms with Gasteiger partial charge in [0.2, 0.25) is 0 Å². The smallest absolute Gasteiger partial charge is 0.197 e. The van der Waals surface area contributed by atoms with E-state index in [0.29, 0.717) is 0 Å². The van der Waals surface area contributed by atoms with Crippen LogP contribution in [0.4, 0.5) is 0 Å². The minimum absolute atomic E-state index is 0.127. The Morgan fingerprint density at radius 1 is 0.906 bits per heavy atom. The molecule has 2 heterocycles. The lowest BCUT2D eigenvalue weighted by atomic mass is 9.95. The molecule has 1 saturated heterocycles. The average Bonchev–Trinajstić information content (AvgIpc) is 3.03. The zero-order valence-electron chi connectivity index (χ0n) is 16.3. The maximum atomic E-state index is 12.7. The minimum Gasteiger partial charge on any atom is -0.507 e. The van der Waals surface area contributed by atoms with Crippen LogP contribution in [0.15, 0.2) is 39.5 Å². The molecule has 8 N–H and O–H groups in total. The summed E-state index contributed by atoms with van der Waals surface area (Å²) < 4.78 is 11.0. The summed E-state index contributed by atoms with van der Waals surface area (Å²) in [7, 11) is 0. The van der Waals surface area contributed by atoms with E-state index >= 15 is 0 Å². The fourth-order valence-electron chi connectivity index (χ4n) is 3.78. The number of hydrogen-bond acceptors (Lipinski definition) is 11. The van der Waals surface area contributed by atoms with E-state index in [-0.39, 0.29) is 16.7 Å². The fraction of sp³-hybridized carbons (Fsp3) is 0.286. The lowest BCUT2D eigenvalue weighted by Crippen LogP contribution is -2.36.